The van der Waals surface area contributed by atoms with Crippen LogP contribution in [0.4, 0.5) is 0 Å². The third kappa shape index (κ3) is 1.91. The summed E-state index contributed by atoms with van der Waals surface area (Å²) in [5.74, 6) is 0. The summed E-state index contributed by atoms with van der Waals surface area (Å²) >= 11 is 2.07. The van der Waals surface area contributed by atoms with E-state index in [1.165, 1.54) is 19.3 Å². The topological polar surface area (TPSA) is 26.0 Å². The number of thioether (sulfide) groups is 1. The summed E-state index contributed by atoms with van der Waals surface area (Å²) in [6.45, 7) is 6.66. The van der Waals surface area contributed by atoms with E-state index in [1.807, 2.05) is 0 Å². The Morgan fingerprint density at radius 1 is 1.27 bits per heavy atom. The predicted octanol–water partition coefficient (Wildman–Crippen LogP) is 2.40. The van der Waals surface area contributed by atoms with Crippen LogP contribution in [-0.4, -0.2) is 16.0 Å². The monoisotopic (exact) mass is 173 g/mol. The van der Waals surface area contributed by atoms with Gasteiger partial charge >= 0.3 is 0 Å². The van der Waals surface area contributed by atoms with Crippen molar-refractivity contribution < 1.29 is 0 Å². The minimum Gasteiger partial charge on any atom is -0.327 e. The van der Waals surface area contributed by atoms with E-state index in [0.29, 0.717) is 10.8 Å². The summed E-state index contributed by atoms with van der Waals surface area (Å²) in [5, 5.41) is 0.723. The molecule has 0 bridgehead atoms. The Balaban J connectivity index is 2.47. The third-order valence-corrected chi connectivity index (χ3v) is 4.22. The fourth-order valence-electron chi connectivity index (χ4n) is 1.68. The molecule has 1 aliphatic carbocycles. The van der Waals surface area contributed by atoms with Gasteiger partial charge in [0.2, 0.25) is 0 Å². The molecule has 1 rings (SSSR count). The quantitative estimate of drug-likeness (QED) is 0.709. The molecule has 1 unspecified atom stereocenters. The van der Waals surface area contributed by atoms with Crippen LogP contribution in [0.15, 0.2) is 0 Å². The Bertz CT molecular complexity index is 128. The summed E-state index contributed by atoms with van der Waals surface area (Å²) in [6.07, 6.45) is 4.03. The zero-order valence-electron chi connectivity index (χ0n) is 7.76. The molecule has 1 atom stereocenters. The van der Waals surface area contributed by atoms with Crippen molar-refractivity contribution >= 4 is 11.8 Å². The van der Waals surface area contributed by atoms with Crippen LogP contribution in [0.25, 0.3) is 0 Å². The number of rotatable bonds is 3. The highest BCUT2D eigenvalue weighted by molar-refractivity contribution is 8.01. The molecular weight excluding hydrogens is 154 g/mol. The Hall–Kier alpha value is 0.310. The molecule has 1 aliphatic rings. The molecule has 0 aromatic carbocycles. The molecule has 0 aromatic heterocycles. The van der Waals surface area contributed by atoms with E-state index >= 15 is 0 Å². The second-order valence-electron chi connectivity index (χ2n) is 3.87. The summed E-state index contributed by atoms with van der Waals surface area (Å²) in [4.78, 5) is 0. The molecule has 0 spiro atoms. The maximum absolute atomic E-state index is 5.96. The fraction of sp³-hybridized carbons (Fsp3) is 1.00. The summed E-state index contributed by atoms with van der Waals surface area (Å²) in [6, 6.07) is 0.364. The lowest BCUT2D eigenvalue weighted by Crippen LogP contribution is -2.49. The second-order valence-corrected chi connectivity index (χ2v) is 5.87. The van der Waals surface area contributed by atoms with Crippen LogP contribution in [0.3, 0.4) is 0 Å². The predicted molar refractivity (Wildman–Crippen MR) is 53.0 cm³/mol. The molecule has 0 aromatic rings. The SMILES string of the molecule is CC(C)SC1(C(C)N)CCC1. The molecular formula is C9H19NS. The maximum Gasteiger partial charge on any atom is 0.0310 e. The van der Waals surface area contributed by atoms with Crippen LogP contribution in [0.2, 0.25) is 0 Å². The molecule has 11 heavy (non-hydrogen) atoms. The Morgan fingerprint density at radius 2 is 1.82 bits per heavy atom. The first-order valence-electron chi connectivity index (χ1n) is 4.50. The summed E-state index contributed by atoms with van der Waals surface area (Å²) in [7, 11) is 0. The molecule has 0 radical (unpaired) electrons. The van der Waals surface area contributed by atoms with Crippen molar-refractivity contribution in [3.05, 3.63) is 0 Å². The van der Waals surface area contributed by atoms with Crippen LogP contribution >= 0.6 is 11.8 Å². The van der Waals surface area contributed by atoms with E-state index in [1.54, 1.807) is 0 Å². The maximum atomic E-state index is 5.96. The van der Waals surface area contributed by atoms with Gasteiger partial charge in [0.25, 0.3) is 0 Å². The Kier molecular flexibility index (Phi) is 2.87. The van der Waals surface area contributed by atoms with Crippen LogP contribution in [0, 0.1) is 0 Å². The third-order valence-electron chi connectivity index (χ3n) is 2.50. The van der Waals surface area contributed by atoms with Gasteiger partial charge in [0.1, 0.15) is 0 Å². The highest BCUT2D eigenvalue weighted by atomic mass is 32.2. The van der Waals surface area contributed by atoms with Crippen molar-refractivity contribution in [2.45, 2.75) is 56.1 Å². The van der Waals surface area contributed by atoms with Gasteiger partial charge in [-0.15, -0.1) is 0 Å². The highest BCUT2D eigenvalue weighted by Gasteiger charge is 2.41. The van der Waals surface area contributed by atoms with E-state index in [2.05, 4.69) is 32.5 Å². The molecule has 0 saturated heterocycles. The second kappa shape index (κ2) is 3.36. The standard InChI is InChI=1S/C9H19NS/c1-7(2)11-9(8(3)10)5-4-6-9/h7-8H,4-6,10H2,1-3H3. The van der Waals surface area contributed by atoms with Crippen molar-refractivity contribution in [1.29, 1.82) is 0 Å². The Morgan fingerprint density at radius 3 is 1.91 bits per heavy atom. The lowest BCUT2D eigenvalue weighted by Gasteiger charge is -2.45. The van der Waals surface area contributed by atoms with Crippen LogP contribution < -0.4 is 5.73 Å². The first-order valence-corrected chi connectivity index (χ1v) is 5.38. The molecule has 2 heteroatoms. The van der Waals surface area contributed by atoms with Gasteiger partial charge in [-0.25, -0.2) is 0 Å². The molecule has 2 N–H and O–H groups in total. The zero-order chi connectivity index (χ0) is 8.48. The lowest BCUT2D eigenvalue weighted by molar-refractivity contribution is 0.317. The molecule has 0 amide bonds. The van der Waals surface area contributed by atoms with E-state index in [9.17, 15) is 0 Å². The molecule has 1 fully saturated rings. The average Bonchev–Trinajstić information content (AvgIpc) is 1.77. The van der Waals surface area contributed by atoms with Gasteiger partial charge in [0, 0.05) is 10.8 Å². The minimum absolute atomic E-state index is 0.364. The van der Waals surface area contributed by atoms with Crippen molar-refractivity contribution in [2.75, 3.05) is 0 Å². The normalized spacial score (nSPS) is 24.8. The van der Waals surface area contributed by atoms with E-state index in [-0.39, 0.29) is 0 Å². The smallest absolute Gasteiger partial charge is 0.0310 e. The van der Waals surface area contributed by atoms with E-state index < -0.39 is 0 Å². The molecule has 0 heterocycles. The summed E-state index contributed by atoms with van der Waals surface area (Å²) < 4.78 is 0.439. The first-order chi connectivity index (χ1) is 5.07. The largest absolute Gasteiger partial charge is 0.327 e. The highest BCUT2D eigenvalue weighted by Crippen LogP contribution is 2.47. The van der Waals surface area contributed by atoms with Gasteiger partial charge < -0.3 is 5.73 Å². The van der Waals surface area contributed by atoms with Gasteiger partial charge in [-0.1, -0.05) is 20.3 Å². The zero-order valence-corrected chi connectivity index (χ0v) is 8.58. The van der Waals surface area contributed by atoms with Crippen molar-refractivity contribution in [1.82, 2.24) is 0 Å². The average molecular weight is 173 g/mol. The van der Waals surface area contributed by atoms with Gasteiger partial charge in [-0.05, 0) is 25.0 Å². The van der Waals surface area contributed by atoms with Crippen molar-refractivity contribution in [3.63, 3.8) is 0 Å². The Labute approximate surface area is 74.1 Å². The molecule has 1 saturated carbocycles. The minimum atomic E-state index is 0.364. The lowest BCUT2D eigenvalue weighted by atomic mass is 9.79. The number of hydrogen-bond acceptors (Lipinski definition) is 2. The van der Waals surface area contributed by atoms with Gasteiger partial charge in [-0.2, -0.15) is 11.8 Å². The van der Waals surface area contributed by atoms with Gasteiger partial charge in [0.15, 0.2) is 0 Å². The van der Waals surface area contributed by atoms with E-state index in [4.69, 9.17) is 5.73 Å². The van der Waals surface area contributed by atoms with Crippen LogP contribution in [0.1, 0.15) is 40.0 Å². The molecule has 66 valence electrons. The fourth-order valence-corrected chi connectivity index (χ4v) is 3.35. The molecule has 1 nitrogen and oxygen atoms in total. The van der Waals surface area contributed by atoms with Gasteiger partial charge in [0.05, 0.1) is 0 Å². The van der Waals surface area contributed by atoms with Crippen molar-refractivity contribution in [3.8, 4) is 0 Å². The number of hydrogen-bond donors (Lipinski definition) is 1. The molecule has 0 aliphatic heterocycles. The summed E-state index contributed by atoms with van der Waals surface area (Å²) in [5.41, 5.74) is 5.96. The first kappa shape index (κ1) is 9.40. The van der Waals surface area contributed by atoms with Crippen LogP contribution in [0.5, 0.6) is 0 Å². The number of nitrogens with two attached hydrogens (primary N) is 1. The van der Waals surface area contributed by atoms with Gasteiger partial charge in [-0.3, -0.25) is 0 Å². The van der Waals surface area contributed by atoms with E-state index in [0.717, 1.165) is 5.25 Å². The van der Waals surface area contributed by atoms with Crippen molar-refractivity contribution in [2.24, 2.45) is 5.73 Å². The van der Waals surface area contributed by atoms with Crippen LogP contribution in [-0.2, 0) is 0 Å².